The minimum absolute atomic E-state index is 0.129. The van der Waals surface area contributed by atoms with E-state index >= 15 is 0 Å². The van der Waals surface area contributed by atoms with Crippen LogP contribution in [-0.4, -0.2) is 35.6 Å². The van der Waals surface area contributed by atoms with Gasteiger partial charge in [0.15, 0.2) is 0 Å². The molecule has 1 aliphatic rings. The van der Waals surface area contributed by atoms with Crippen LogP contribution in [0.15, 0.2) is 12.3 Å². The summed E-state index contributed by atoms with van der Waals surface area (Å²) in [7, 11) is 1.57. The van der Waals surface area contributed by atoms with Gasteiger partial charge in [0.2, 0.25) is 17.7 Å². The van der Waals surface area contributed by atoms with E-state index in [1.807, 2.05) is 4.90 Å². The molecule has 2 atom stereocenters. The van der Waals surface area contributed by atoms with Crippen LogP contribution in [0.2, 0.25) is 0 Å². The van der Waals surface area contributed by atoms with Crippen molar-refractivity contribution in [1.29, 1.82) is 0 Å². The van der Waals surface area contributed by atoms with Gasteiger partial charge in [-0.2, -0.15) is 4.98 Å². The molecule has 0 bridgehead atoms. The standard InChI is InChI=1S/C12H18N4O2/c1-8-3-4-9(11(13)17)7-16(8)12-14-6-5-10(15-12)18-2/h5-6,8-9H,3-4,7H2,1-2H3,(H2,13,17). The average molecular weight is 250 g/mol. The minimum atomic E-state index is -0.255. The molecule has 98 valence electrons. The van der Waals surface area contributed by atoms with E-state index in [0.717, 1.165) is 12.8 Å². The predicted molar refractivity (Wildman–Crippen MR) is 67.3 cm³/mol. The van der Waals surface area contributed by atoms with Gasteiger partial charge in [0.25, 0.3) is 0 Å². The maximum atomic E-state index is 11.3. The highest BCUT2D eigenvalue weighted by Crippen LogP contribution is 2.25. The number of piperidine rings is 1. The molecule has 1 aromatic rings. The zero-order valence-electron chi connectivity index (χ0n) is 10.7. The maximum Gasteiger partial charge on any atom is 0.228 e. The molecule has 2 rings (SSSR count). The summed E-state index contributed by atoms with van der Waals surface area (Å²) in [5.41, 5.74) is 5.38. The fourth-order valence-electron chi connectivity index (χ4n) is 2.20. The molecule has 0 saturated carbocycles. The van der Waals surface area contributed by atoms with Gasteiger partial charge >= 0.3 is 0 Å². The van der Waals surface area contributed by atoms with Crippen molar-refractivity contribution in [3.63, 3.8) is 0 Å². The zero-order valence-corrected chi connectivity index (χ0v) is 10.7. The summed E-state index contributed by atoms with van der Waals surface area (Å²) in [5, 5.41) is 0. The van der Waals surface area contributed by atoms with E-state index in [1.54, 1.807) is 19.4 Å². The number of methoxy groups -OCH3 is 1. The van der Waals surface area contributed by atoms with Crippen LogP contribution in [0.1, 0.15) is 19.8 Å². The molecule has 0 spiro atoms. The van der Waals surface area contributed by atoms with Crippen LogP contribution in [0, 0.1) is 5.92 Å². The van der Waals surface area contributed by atoms with Gasteiger partial charge in [0.05, 0.1) is 13.0 Å². The van der Waals surface area contributed by atoms with Gasteiger partial charge in [-0.25, -0.2) is 4.98 Å². The van der Waals surface area contributed by atoms with Crippen LogP contribution in [0.3, 0.4) is 0 Å². The van der Waals surface area contributed by atoms with E-state index in [-0.39, 0.29) is 11.8 Å². The SMILES string of the molecule is COc1ccnc(N2CC(C(N)=O)CCC2C)n1. The molecule has 18 heavy (non-hydrogen) atoms. The van der Waals surface area contributed by atoms with E-state index in [4.69, 9.17) is 10.5 Å². The Kier molecular flexibility index (Phi) is 3.64. The molecular weight excluding hydrogens is 232 g/mol. The Balaban J connectivity index is 2.21. The Labute approximate surface area is 106 Å². The third-order valence-corrected chi connectivity index (χ3v) is 3.37. The Morgan fingerprint density at radius 1 is 1.56 bits per heavy atom. The molecule has 6 heteroatoms. The van der Waals surface area contributed by atoms with E-state index < -0.39 is 0 Å². The number of nitrogens with two attached hydrogens (primary N) is 1. The molecule has 2 heterocycles. The lowest BCUT2D eigenvalue weighted by molar-refractivity contribution is -0.122. The van der Waals surface area contributed by atoms with Gasteiger partial charge in [-0.1, -0.05) is 0 Å². The first kappa shape index (κ1) is 12.6. The number of carbonyl (C=O) groups excluding carboxylic acids is 1. The normalized spacial score (nSPS) is 23.8. The number of primary amides is 1. The van der Waals surface area contributed by atoms with Gasteiger partial charge < -0.3 is 15.4 Å². The Morgan fingerprint density at radius 3 is 3.00 bits per heavy atom. The highest BCUT2D eigenvalue weighted by molar-refractivity contribution is 5.77. The smallest absolute Gasteiger partial charge is 0.228 e. The topological polar surface area (TPSA) is 81.3 Å². The fraction of sp³-hybridized carbons (Fsp3) is 0.583. The van der Waals surface area contributed by atoms with Gasteiger partial charge in [-0.3, -0.25) is 4.79 Å². The van der Waals surface area contributed by atoms with E-state index in [9.17, 15) is 4.79 Å². The van der Waals surface area contributed by atoms with E-state index in [0.29, 0.717) is 24.4 Å². The number of rotatable bonds is 3. The number of aromatic nitrogens is 2. The summed E-state index contributed by atoms with van der Waals surface area (Å²) < 4.78 is 5.09. The second-order valence-electron chi connectivity index (χ2n) is 4.58. The minimum Gasteiger partial charge on any atom is -0.481 e. The first-order chi connectivity index (χ1) is 8.61. The number of anilines is 1. The van der Waals surface area contributed by atoms with Crippen molar-refractivity contribution in [2.45, 2.75) is 25.8 Å². The first-order valence-corrected chi connectivity index (χ1v) is 6.05. The molecule has 0 aliphatic carbocycles. The lowest BCUT2D eigenvalue weighted by Gasteiger charge is -2.36. The van der Waals surface area contributed by atoms with E-state index in [1.165, 1.54) is 0 Å². The number of nitrogens with zero attached hydrogens (tertiary/aromatic N) is 3. The number of ether oxygens (including phenoxy) is 1. The third kappa shape index (κ3) is 2.52. The molecule has 1 aromatic heterocycles. The van der Waals surface area contributed by atoms with Crippen LogP contribution in [0.5, 0.6) is 5.88 Å². The fourth-order valence-corrected chi connectivity index (χ4v) is 2.20. The first-order valence-electron chi connectivity index (χ1n) is 6.05. The Bertz CT molecular complexity index is 438. The molecule has 2 N–H and O–H groups in total. The predicted octanol–water partition coefficient (Wildman–Crippen LogP) is 0.575. The lowest BCUT2D eigenvalue weighted by atomic mass is 9.93. The van der Waals surface area contributed by atoms with Crippen molar-refractivity contribution >= 4 is 11.9 Å². The lowest BCUT2D eigenvalue weighted by Crippen LogP contribution is -2.46. The largest absolute Gasteiger partial charge is 0.481 e. The Hall–Kier alpha value is -1.85. The maximum absolute atomic E-state index is 11.3. The van der Waals surface area contributed by atoms with Gasteiger partial charge in [0.1, 0.15) is 0 Å². The van der Waals surface area contributed by atoms with Crippen molar-refractivity contribution < 1.29 is 9.53 Å². The zero-order chi connectivity index (χ0) is 13.1. The summed E-state index contributed by atoms with van der Waals surface area (Å²) in [6, 6.07) is 2.00. The Morgan fingerprint density at radius 2 is 2.33 bits per heavy atom. The van der Waals surface area contributed by atoms with Crippen molar-refractivity contribution in [1.82, 2.24) is 9.97 Å². The number of hydrogen-bond acceptors (Lipinski definition) is 5. The molecular formula is C12H18N4O2. The summed E-state index contributed by atoms with van der Waals surface area (Å²) >= 11 is 0. The van der Waals surface area contributed by atoms with Crippen LogP contribution in [0.4, 0.5) is 5.95 Å². The number of carbonyl (C=O) groups is 1. The molecule has 0 aromatic carbocycles. The van der Waals surface area contributed by atoms with Crippen molar-refractivity contribution in [3.8, 4) is 5.88 Å². The molecule has 6 nitrogen and oxygen atoms in total. The van der Waals surface area contributed by atoms with Crippen molar-refractivity contribution in [2.75, 3.05) is 18.6 Å². The van der Waals surface area contributed by atoms with Crippen LogP contribution < -0.4 is 15.4 Å². The quantitative estimate of drug-likeness (QED) is 0.848. The molecule has 1 saturated heterocycles. The molecule has 2 unspecified atom stereocenters. The van der Waals surface area contributed by atoms with E-state index in [2.05, 4.69) is 16.9 Å². The van der Waals surface area contributed by atoms with Crippen molar-refractivity contribution in [3.05, 3.63) is 12.3 Å². The molecule has 1 amide bonds. The third-order valence-electron chi connectivity index (χ3n) is 3.37. The second kappa shape index (κ2) is 5.20. The van der Waals surface area contributed by atoms with Crippen LogP contribution in [-0.2, 0) is 4.79 Å². The van der Waals surface area contributed by atoms with Gasteiger partial charge in [-0.15, -0.1) is 0 Å². The summed E-state index contributed by atoms with van der Waals surface area (Å²) in [4.78, 5) is 21.8. The summed E-state index contributed by atoms with van der Waals surface area (Å²) in [6.45, 7) is 2.67. The summed E-state index contributed by atoms with van der Waals surface area (Å²) in [5.74, 6) is 0.729. The highest BCUT2D eigenvalue weighted by atomic mass is 16.5. The molecule has 1 aliphatic heterocycles. The highest BCUT2D eigenvalue weighted by Gasteiger charge is 2.30. The van der Waals surface area contributed by atoms with Crippen LogP contribution >= 0.6 is 0 Å². The summed E-state index contributed by atoms with van der Waals surface area (Å²) in [6.07, 6.45) is 3.40. The number of hydrogen-bond donors (Lipinski definition) is 1. The second-order valence-corrected chi connectivity index (χ2v) is 4.58. The molecule has 1 fully saturated rings. The number of amides is 1. The van der Waals surface area contributed by atoms with Crippen LogP contribution in [0.25, 0.3) is 0 Å². The van der Waals surface area contributed by atoms with Gasteiger partial charge in [0, 0.05) is 24.8 Å². The monoisotopic (exact) mass is 250 g/mol. The van der Waals surface area contributed by atoms with Gasteiger partial charge in [-0.05, 0) is 19.8 Å². The average Bonchev–Trinajstić information content (AvgIpc) is 2.39. The molecule has 0 radical (unpaired) electrons. The van der Waals surface area contributed by atoms with Crippen molar-refractivity contribution in [2.24, 2.45) is 11.7 Å².